The van der Waals surface area contributed by atoms with Crippen molar-refractivity contribution in [2.75, 3.05) is 0 Å². The smallest absolute Gasteiger partial charge is 0.345 e. The molecule has 0 amide bonds. The number of nitrogens with one attached hydrogen (secondary N) is 1. The second kappa shape index (κ2) is 5.97. The van der Waals surface area contributed by atoms with Gasteiger partial charge in [0, 0.05) is 6.04 Å². The third-order valence-corrected chi connectivity index (χ3v) is 6.15. The molecule has 0 aliphatic rings. The Labute approximate surface area is 127 Å². The Hall–Kier alpha value is -1.70. The van der Waals surface area contributed by atoms with Gasteiger partial charge in [-0.05, 0) is 37.1 Å². The van der Waals surface area contributed by atoms with Gasteiger partial charge in [0.2, 0.25) is 0 Å². The van der Waals surface area contributed by atoms with E-state index >= 15 is 0 Å². The number of hydrogen-bond donors (Lipinski definition) is 2. The average Bonchev–Trinajstić information content (AvgIpc) is 2.89. The Morgan fingerprint density at radius 2 is 1.90 bits per heavy atom. The minimum Gasteiger partial charge on any atom is -0.477 e. The van der Waals surface area contributed by atoms with Gasteiger partial charge in [-0.1, -0.05) is 24.3 Å². The van der Waals surface area contributed by atoms with Crippen LogP contribution >= 0.6 is 11.3 Å². The standard InChI is InChI=1S/C14H15NO4S2/c1-9-5-3-4-6-11(9)10(2)15-21(18,19)13-8-7-12(20-13)14(16)17/h3-8,10,15H,1-2H3,(H,16,17)/t10-/m1/s1. The van der Waals surface area contributed by atoms with Crippen LogP contribution in [0.1, 0.15) is 33.8 Å². The van der Waals surface area contributed by atoms with Crippen LogP contribution in [0.5, 0.6) is 0 Å². The van der Waals surface area contributed by atoms with Gasteiger partial charge in [-0.3, -0.25) is 0 Å². The van der Waals surface area contributed by atoms with E-state index in [0.717, 1.165) is 22.5 Å². The number of sulfonamides is 1. The van der Waals surface area contributed by atoms with Gasteiger partial charge >= 0.3 is 5.97 Å². The van der Waals surface area contributed by atoms with Crippen molar-refractivity contribution in [1.29, 1.82) is 0 Å². The molecule has 1 heterocycles. The minimum absolute atomic E-state index is 0.000309. The summed E-state index contributed by atoms with van der Waals surface area (Å²) in [4.78, 5) is 10.8. The van der Waals surface area contributed by atoms with Crippen molar-refractivity contribution >= 4 is 27.3 Å². The molecule has 112 valence electrons. The molecule has 5 nitrogen and oxygen atoms in total. The van der Waals surface area contributed by atoms with E-state index in [1.54, 1.807) is 6.92 Å². The number of carboxylic acids is 1. The third kappa shape index (κ3) is 3.49. The van der Waals surface area contributed by atoms with Gasteiger partial charge < -0.3 is 5.11 Å². The van der Waals surface area contributed by atoms with Crippen molar-refractivity contribution in [2.24, 2.45) is 0 Å². The van der Waals surface area contributed by atoms with Crippen molar-refractivity contribution in [1.82, 2.24) is 4.72 Å². The average molecular weight is 325 g/mol. The molecule has 0 unspecified atom stereocenters. The minimum atomic E-state index is -3.73. The molecule has 0 saturated heterocycles. The SMILES string of the molecule is Cc1ccccc1[C@@H](C)NS(=O)(=O)c1ccc(C(=O)O)s1. The quantitative estimate of drug-likeness (QED) is 0.885. The molecule has 1 atom stereocenters. The fourth-order valence-electron chi connectivity index (χ4n) is 2.01. The molecule has 2 N–H and O–H groups in total. The van der Waals surface area contributed by atoms with Gasteiger partial charge in [0.25, 0.3) is 10.0 Å². The summed E-state index contributed by atoms with van der Waals surface area (Å²) in [5.41, 5.74) is 1.88. The van der Waals surface area contributed by atoms with Crippen LogP contribution in [-0.4, -0.2) is 19.5 Å². The summed E-state index contributed by atoms with van der Waals surface area (Å²) in [6.07, 6.45) is 0. The molecule has 21 heavy (non-hydrogen) atoms. The van der Waals surface area contributed by atoms with Gasteiger partial charge in [0.1, 0.15) is 9.09 Å². The highest BCUT2D eigenvalue weighted by atomic mass is 32.2. The Morgan fingerprint density at radius 1 is 1.24 bits per heavy atom. The fraction of sp³-hybridized carbons (Fsp3) is 0.214. The maximum absolute atomic E-state index is 12.3. The summed E-state index contributed by atoms with van der Waals surface area (Å²) in [5.74, 6) is -1.13. The van der Waals surface area contributed by atoms with Gasteiger partial charge in [-0.25, -0.2) is 17.9 Å². The van der Waals surface area contributed by atoms with Gasteiger partial charge in [0.15, 0.2) is 0 Å². The molecule has 0 aliphatic carbocycles. The molecule has 7 heteroatoms. The van der Waals surface area contributed by atoms with Gasteiger partial charge in [0.05, 0.1) is 0 Å². The van der Waals surface area contributed by atoms with Crippen LogP contribution in [0.2, 0.25) is 0 Å². The van der Waals surface area contributed by atoms with E-state index in [2.05, 4.69) is 4.72 Å². The molecule has 0 saturated carbocycles. The van der Waals surface area contributed by atoms with Crippen molar-refractivity contribution in [3.63, 3.8) is 0 Å². The topological polar surface area (TPSA) is 83.5 Å². The molecule has 2 aromatic rings. The molecular weight excluding hydrogens is 310 g/mol. The summed E-state index contributed by atoms with van der Waals surface area (Å²) in [5, 5.41) is 8.86. The largest absolute Gasteiger partial charge is 0.477 e. The Balaban J connectivity index is 2.24. The molecule has 0 spiro atoms. The number of carboxylic acid groups (broad SMARTS) is 1. The monoisotopic (exact) mass is 325 g/mol. The second-order valence-corrected chi connectivity index (χ2v) is 7.65. The summed E-state index contributed by atoms with van der Waals surface area (Å²) in [7, 11) is -3.73. The number of aromatic carboxylic acids is 1. The molecule has 0 radical (unpaired) electrons. The van der Waals surface area contributed by atoms with Crippen molar-refractivity contribution < 1.29 is 18.3 Å². The molecule has 2 rings (SSSR count). The zero-order chi connectivity index (χ0) is 15.6. The number of benzene rings is 1. The van der Waals surface area contributed by atoms with Crippen molar-refractivity contribution in [3.8, 4) is 0 Å². The lowest BCUT2D eigenvalue weighted by Gasteiger charge is -2.15. The van der Waals surface area contributed by atoms with Crippen LogP contribution in [0.25, 0.3) is 0 Å². The van der Waals surface area contributed by atoms with Gasteiger partial charge in [-0.2, -0.15) is 0 Å². The lowest BCUT2D eigenvalue weighted by atomic mass is 10.0. The first kappa shape index (κ1) is 15.7. The van der Waals surface area contributed by atoms with E-state index in [0.29, 0.717) is 0 Å². The summed E-state index contributed by atoms with van der Waals surface area (Å²) >= 11 is 0.739. The molecule has 0 bridgehead atoms. The summed E-state index contributed by atoms with van der Waals surface area (Å²) in [6, 6.07) is 9.71. The molecule has 0 aliphatic heterocycles. The maximum atomic E-state index is 12.3. The number of aryl methyl sites for hydroxylation is 1. The Bertz CT molecular complexity index is 765. The van der Waals surface area contributed by atoms with E-state index in [1.807, 2.05) is 31.2 Å². The normalized spacial score (nSPS) is 13.0. The summed E-state index contributed by atoms with van der Waals surface area (Å²) < 4.78 is 27.1. The summed E-state index contributed by atoms with van der Waals surface area (Å²) in [6.45, 7) is 3.67. The Kier molecular flexibility index (Phi) is 4.46. The predicted octanol–water partition coefficient (Wildman–Crippen LogP) is 2.79. The molecular formula is C14H15NO4S2. The zero-order valence-corrected chi connectivity index (χ0v) is 13.2. The third-order valence-electron chi connectivity index (χ3n) is 3.04. The van der Waals surface area contributed by atoms with Crippen molar-refractivity contribution in [3.05, 3.63) is 52.4 Å². The highest BCUT2D eigenvalue weighted by Gasteiger charge is 2.22. The van der Waals surface area contributed by atoms with E-state index in [1.165, 1.54) is 12.1 Å². The van der Waals surface area contributed by atoms with E-state index in [9.17, 15) is 13.2 Å². The number of hydrogen-bond acceptors (Lipinski definition) is 4. The van der Waals surface area contributed by atoms with Crippen LogP contribution in [0, 0.1) is 6.92 Å². The number of carbonyl (C=O) groups is 1. The molecule has 1 aromatic carbocycles. The zero-order valence-electron chi connectivity index (χ0n) is 11.5. The number of thiophene rings is 1. The fourth-order valence-corrected chi connectivity index (χ4v) is 4.39. The first-order valence-corrected chi connectivity index (χ1v) is 8.52. The van der Waals surface area contributed by atoms with E-state index < -0.39 is 22.0 Å². The van der Waals surface area contributed by atoms with Crippen molar-refractivity contribution in [2.45, 2.75) is 24.1 Å². The lowest BCUT2D eigenvalue weighted by Crippen LogP contribution is -2.26. The van der Waals surface area contributed by atoms with Crippen LogP contribution in [0.15, 0.2) is 40.6 Å². The number of rotatable bonds is 5. The lowest BCUT2D eigenvalue weighted by molar-refractivity contribution is 0.0702. The van der Waals surface area contributed by atoms with E-state index in [-0.39, 0.29) is 9.09 Å². The highest BCUT2D eigenvalue weighted by Crippen LogP contribution is 2.24. The van der Waals surface area contributed by atoms with E-state index in [4.69, 9.17) is 5.11 Å². The first-order valence-electron chi connectivity index (χ1n) is 6.22. The molecule has 1 aromatic heterocycles. The van der Waals surface area contributed by atoms with Crippen LogP contribution in [-0.2, 0) is 10.0 Å². The van der Waals surface area contributed by atoms with Crippen LogP contribution in [0.4, 0.5) is 0 Å². The predicted molar refractivity (Wildman–Crippen MR) is 81.2 cm³/mol. The van der Waals surface area contributed by atoms with Crippen LogP contribution < -0.4 is 4.72 Å². The molecule has 0 fully saturated rings. The van der Waals surface area contributed by atoms with Crippen LogP contribution in [0.3, 0.4) is 0 Å². The Morgan fingerprint density at radius 3 is 2.48 bits per heavy atom. The second-order valence-electron chi connectivity index (χ2n) is 4.62. The first-order chi connectivity index (χ1) is 9.81. The van der Waals surface area contributed by atoms with Gasteiger partial charge in [-0.15, -0.1) is 11.3 Å². The maximum Gasteiger partial charge on any atom is 0.345 e. The highest BCUT2D eigenvalue weighted by molar-refractivity contribution is 7.91.